The van der Waals surface area contributed by atoms with Crippen molar-refractivity contribution in [3.8, 4) is 0 Å². The third kappa shape index (κ3) is 8.60. The number of hydrogen-bond donors (Lipinski definition) is 2. The SMILES string of the molecule is CCCN=C(NCCc1ccco1)NCCN1CCCCC1.I. The number of rotatable bonds is 8. The minimum Gasteiger partial charge on any atom is -0.469 e. The second-order valence-electron chi connectivity index (χ2n) is 5.82. The van der Waals surface area contributed by atoms with Crippen LogP contribution in [0.25, 0.3) is 0 Å². The number of aliphatic imine (C=N–C) groups is 1. The van der Waals surface area contributed by atoms with Crippen LogP contribution in [0.1, 0.15) is 38.4 Å². The third-order valence-corrected chi connectivity index (χ3v) is 3.91. The Morgan fingerprint density at radius 3 is 2.70 bits per heavy atom. The van der Waals surface area contributed by atoms with Crippen LogP contribution in [0.2, 0.25) is 0 Å². The highest BCUT2D eigenvalue weighted by atomic mass is 127. The van der Waals surface area contributed by atoms with Crippen molar-refractivity contribution in [1.82, 2.24) is 15.5 Å². The molecule has 0 radical (unpaired) electrons. The van der Waals surface area contributed by atoms with E-state index in [1.807, 2.05) is 12.1 Å². The third-order valence-electron chi connectivity index (χ3n) is 3.91. The molecule has 1 aliphatic heterocycles. The van der Waals surface area contributed by atoms with Gasteiger partial charge < -0.3 is 20.0 Å². The topological polar surface area (TPSA) is 52.8 Å². The summed E-state index contributed by atoms with van der Waals surface area (Å²) < 4.78 is 5.35. The van der Waals surface area contributed by atoms with Crippen LogP contribution in [0.3, 0.4) is 0 Å². The van der Waals surface area contributed by atoms with Gasteiger partial charge in [-0.1, -0.05) is 13.3 Å². The molecule has 132 valence electrons. The summed E-state index contributed by atoms with van der Waals surface area (Å²) in [6, 6.07) is 3.94. The fourth-order valence-electron chi connectivity index (χ4n) is 2.67. The van der Waals surface area contributed by atoms with Gasteiger partial charge in [-0.05, 0) is 44.5 Å². The minimum absolute atomic E-state index is 0. The van der Waals surface area contributed by atoms with Gasteiger partial charge in [0, 0.05) is 32.6 Å². The number of guanidine groups is 1. The second-order valence-corrected chi connectivity index (χ2v) is 5.82. The fourth-order valence-corrected chi connectivity index (χ4v) is 2.67. The van der Waals surface area contributed by atoms with Crippen molar-refractivity contribution >= 4 is 29.9 Å². The van der Waals surface area contributed by atoms with E-state index in [0.29, 0.717) is 0 Å². The van der Waals surface area contributed by atoms with Crippen LogP contribution < -0.4 is 10.6 Å². The maximum Gasteiger partial charge on any atom is 0.191 e. The summed E-state index contributed by atoms with van der Waals surface area (Å²) in [5.41, 5.74) is 0. The molecule has 1 fully saturated rings. The first kappa shape index (κ1) is 20.3. The zero-order valence-corrected chi connectivity index (χ0v) is 16.6. The van der Waals surface area contributed by atoms with Crippen molar-refractivity contribution in [1.29, 1.82) is 0 Å². The van der Waals surface area contributed by atoms with E-state index in [1.165, 1.54) is 32.4 Å². The van der Waals surface area contributed by atoms with Crippen molar-refractivity contribution in [3.05, 3.63) is 24.2 Å². The second kappa shape index (κ2) is 12.6. The standard InChI is InChI=1S/C17H30N4O.HI/c1-2-9-18-17(19-10-8-16-7-6-15-22-16)20-11-14-21-12-4-3-5-13-21;/h6-7,15H,2-5,8-14H2,1H3,(H2,18,19,20);1H. The maximum absolute atomic E-state index is 5.35. The molecule has 0 saturated carbocycles. The average molecular weight is 434 g/mol. The van der Waals surface area contributed by atoms with Crippen molar-refractivity contribution in [2.75, 3.05) is 39.3 Å². The molecule has 1 saturated heterocycles. The largest absolute Gasteiger partial charge is 0.469 e. The molecular weight excluding hydrogens is 403 g/mol. The van der Waals surface area contributed by atoms with Crippen LogP contribution in [0.5, 0.6) is 0 Å². The Labute approximate surface area is 157 Å². The Balaban J connectivity index is 0.00000264. The van der Waals surface area contributed by atoms with Crippen LogP contribution in [0.4, 0.5) is 0 Å². The molecular formula is C17H31IN4O. The first-order valence-electron chi connectivity index (χ1n) is 8.65. The lowest BCUT2D eigenvalue weighted by Gasteiger charge is -2.26. The molecule has 6 heteroatoms. The van der Waals surface area contributed by atoms with Crippen LogP contribution >= 0.6 is 24.0 Å². The minimum atomic E-state index is 0. The van der Waals surface area contributed by atoms with Crippen molar-refractivity contribution in [2.45, 2.75) is 39.0 Å². The molecule has 2 N–H and O–H groups in total. The summed E-state index contributed by atoms with van der Waals surface area (Å²) in [5.74, 6) is 1.93. The summed E-state index contributed by atoms with van der Waals surface area (Å²) >= 11 is 0. The number of nitrogens with zero attached hydrogens (tertiary/aromatic N) is 2. The normalized spacial score (nSPS) is 16.0. The molecule has 0 spiro atoms. The molecule has 0 aromatic carbocycles. The molecule has 1 aromatic rings. The smallest absolute Gasteiger partial charge is 0.191 e. The van der Waals surface area contributed by atoms with Gasteiger partial charge in [-0.15, -0.1) is 24.0 Å². The fraction of sp³-hybridized carbons (Fsp3) is 0.706. The molecule has 2 rings (SSSR count). The predicted octanol–water partition coefficient (Wildman–Crippen LogP) is 2.87. The van der Waals surface area contributed by atoms with E-state index in [1.54, 1.807) is 6.26 Å². The van der Waals surface area contributed by atoms with Crippen molar-refractivity contribution in [3.63, 3.8) is 0 Å². The van der Waals surface area contributed by atoms with E-state index in [4.69, 9.17) is 4.42 Å². The molecule has 0 amide bonds. The summed E-state index contributed by atoms with van der Waals surface area (Å²) in [7, 11) is 0. The monoisotopic (exact) mass is 434 g/mol. The van der Waals surface area contributed by atoms with E-state index < -0.39 is 0 Å². The van der Waals surface area contributed by atoms with Gasteiger partial charge in [0.2, 0.25) is 0 Å². The summed E-state index contributed by atoms with van der Waals surface area (Å²) in [5, 5.41) is 6.84. The molecule has 2 heterocycles. The van der Waals surface area contributed by atoms with Gasteiger partial charge in [0.15, 0.2) is 5.96 Å². The number of halogens is 1. The van der Waals surface area contributed by atoms with E-state index in [0.717, 1.165) is 50.7 Å². The Kier molecular flexibility index (Phi) is 11.1. The van der Waals surface area contributed by atoms with Gasteiger partial charge >= 0.3 is 0 Å². The molecule has 5 nitrogen and oxygen atoms in total. The van der Waals surface area contributed by atoms with E-state index in [-0.39, 0.29) is 24.0 Å². The number of furan rings is 1. The van der Waals surface area contributed by atoms with Crippen LogP contribution in [-0.4, -0.2) is 50.1 Å². The summed E-state index contributed by atoms with van der Waals surface area (Å²) in [4.78, 5) is 7.13. The summed E-state index contributed by atoms with van der Waals surface area (Å²) in [6.45, 7) is 8.40. The lowest BCUT2D eigenvalue weighted by molar-refractivity contribution is 0.232. The maximum atomic E-state index is 5.35. The van der Waals surface area contributed by atoms with Gasteiger partial charge in [0.25, 0.3) is 0 Å². The summed E-state index contributed by atoms with van der Waals surface area (Å²) in [6.07, 6.45) is 7.75. The van der Waals surface area contributed by atoms with Crippen molar-refractivity contribution < 1.29 is 4.42 Å². The van der Waals surface area contributed by atoms with Gasteiger partial charge in [0.1, 0.15) is 5.76 Å². The number of hydrogen-bond acceptors (Lipinski definition) is 3. The molecule has 0 aliphatic carbocycles. The quantitative estimate of drug-likeness (QED) is 0.376. The van der Waals surface area contributed by atoms with E-state index >= 15 is 0 Å². The highest BCUT2D eigenvalue weighted by Crippen LogP contribution is 2.07. The molecule has 1 aliphatic rings. The van der Waals surface area contributed by atoms with Gasteiger partial charge in [-0.3, -0.25) is 4.99 Å². The number of nitrogens with one attached hydrogen (secondary N) is 2. The first-order chi connectivity index (χ1) is 10.9. The van der Waals surface area contributed by atoms with Crippen LogP contribution in [0.15, 0.2) is 27.8 Å². The molecule has 0 bridgehead atoms. The highest BCUT2D eigenvalue weighted by molar-refractivity contribution is 14.0. The molecule has 1 aromatic heterocycles. The lowest BCUT2D eigenvalue weighted by Crippen LogP contribution is -2.43. The number of piperidine rings is 1. The average Bonchev–Trinajstić information content (AvgIpc) is 3.06. The van der Waals surface area contributed by atoms with Crippen molar-refractivity contribution in [2.24, 2.45) is 4.99 Å². The molecule has 0 unspecified atom stereocenters. The van der Waals surface area contributed by atoms with E-state index in [2.05, 4.69) is 27.4 Å². The Bertz CT molecular complexity index is 416. The van der Waals surface area contributed by atoms with Gasteiger partial charge in [0.05, 0.1) is 6.26 Å². The zero-order chi connectivity index (χ0) is 15.5. The van der Waals surface area contributed by atoms with Crippen LogP contribution in [0, 0.1) is 0 Å². The predicted molar refractivity (Wildman–Crippen MR) is 107 cm³/mol. The molecule has 23 heavy (non-hydrogen) atoms. The van der Waals surface area contributed by atoms with E-state index in [9.17, 15) is 0 Å². The van der Waals surface area contributed by atoms with Gasteiger partial charge in [-0.25, -0.2) is 0 Å². The van der Waals surface area contributed by atoms with Crippen LogP contribution in [-0.2, 0) is 6.42 Å². The highest BCUT2D eigenvalue weighted by Gasteiger charge is 2.09. The van der Waals surface area contributed by atoms with Gasteiger partial charge in [-0.2, -0.15) is 0 Å². The molecule has 0 atom stereocenters. The number of likely N-dealkylation sites (tertiary alicyclic amines) is 1. The Hall–Kier alpha value is -0.760. The Morgan fingerprint density at radius 1 is 1.22 bits per heavy atom. The Morgan fingerprint density at radius 2 is 2.00 bits per heavy atom. The first-order valence-corrected chi connectivity index (χ1v) is 8.65. The zero-order valence-electron chi connectivity index (χ0n) is 14.2. The lowest BCUT2D eigenvalue weighted by atomic mass is 10.1.